The maximum absolute atomic E-state index is 12.9. The number of aromatic amines is 1. The first-order chi connectivity index (χ1) is 22.4. The molecule has 0 saturated carbocycles. The van der Waals surface area contributed by atoms with E-state index in [1.54, 1.807) is 18.0 Å². The van der Waals surface area contributed by atoms with Crippen LogP contribution in [-0.4, -0.2) is 112 Å². The molecule has 1 aromatic heterocycles. The fraction of sp³-hybridized carbons (Fsp3) is 0.206. The second kappa shape index (κ2) is 15.5. The molecule has 244 valence electrons. The van der Waals surface area contributed by atoms with Crippen LogP contribution < -0.4 is 4.90 Å². The van der Waals surface area contributed by atoms with Crippen LogP contribution in [0.3, 0.4) is 0 Å². The number of aromatic hydroxyl groups is 1. The van der Waals surface area contributed by atoms with Crippen LogP contribution in [0.15, 0.2) is 89.9 Å². The Hall–Kier alpha value is -5.79. The Balaban J connectivity index is 0.000000555. The number of hydrogen-bond acceptors (Lipinski definition) is 8. The fourth-order valence-corrected chi connectivity index (χ4v) is 4.89. The molecule has 0 radical (unpaired) electrons. The third-order valence-electron chi connectivity index (χ3n) is 7.49. The Morgan fingerprint density at radius 3 is 2.04 bits per heavy atom. The third kappa shape index (κ3) is 9.12. The third-order valence-corrected chi connectivity index (χ3v) is 7.49. The number of carboxylic acid groups (broad SMARTS) is 3. The topological polar surface area (TPSA) is 187 Å². The largest absolute Gasteiger partial charge is 0.494 e. The summed E-state index contributed by atoms with van der Waals surface area (Å²) in [5.74, 6) is -3.62. The predicted molar refractivity (Wildman–Crippen MR) is 177 cm³/mol. The van der Waals surface area contributed by atoms with Crippen LogP contribution in [0.1, 0.15) is 21.5 Å². The zero-order chi connectivity index (χ0) is 34.1. The number of fused-ring (bicyclic) bond motifs is 1. The van der Waals surface area contributed by atoms with Crippen molar-refractivity contribution in [3.63, 3.8) is 0 Å². The normalized spacial score (nSPS) is 14.0. The number of hydrogen-bond donors (Lipinski definition) is 5. The van der Waals surface area contributed by atoms with E-state index in [1.165, 1.54) is 12.1 Å². The fourth-order valence-electron chi connectivity index (χ4n) is 4.89. The number of anilines is 1. The number of nitrogens with one attached hydrogen (secondary N) is 1. The minimum absolute atomic E-state index is 0.0326. The molecule has 3 aromatic carbocycles. The van der Waals surface area contributed by atoms with E-state index in [0.717, 1.165) is 37.4 Å². The summed E-state index contributed by atoms with van der Waals surface area (Å²) in [6.45, 7) is 4.06. The van der Waals surface area contributed by atoms with E-state index in [2.05, 4.69) is 21.8 Å². The quantitative estimate of drug-likeness (QED) is 0.133. The first kappa shape index (κ1) is 34.1. The summed E-state index contributed by atoms with van der Waals surface area (Å²) < 4.78 is 0. The van der Waals surface area contributed by atoms with Gasteiger partial charge in [-0.25, -0.2) is 19.4 Å². The van der Waals surface area contributed by atoms with Crippen LogP contribution in [0.4, 0.5) is 11.4 Å². The van der Waals surface area contributed by atoms with Crippen molar-refractivity contribution in [2.24, 2.45) is 4.99 Å². The molecule has 2 heterocycles. The molecule has 0 bridgehead atoms. The first-order valence-electron chi connectivity index (χ1n) is 14.6. The molecular weight excluding hydrogens is 606 g/mol. The van der Waals surface area contributed by atoms with Crippen molar-refractivity contribution in [2.75, 3.05) is 51.7 Å². The second-order valence-electron chi connectivity index (χ2n) is 10.8. The van der Waals surface area contributed by atoms with Crippen LogP contribution in [0.25, 0.3) is 10.9 Å². The van der Waals surface area contributed by atoms with Crippen LogP contribution in [-0.2, 0) is 14.4 Å². The van der Waals surface area contributed by atoms with E-state index < -0.39 is 17.9 Å². The number of nitrogens with zero attached hydrogens (tertiary/aromatic N) is 4. The smallest absolute Gasteiger partial charge is 0.335 e. The average Bonchev–Trinajstić information content (AvgIpc) is 3.38. The molecule has 1 saturated heterocycles. The standard InChI is InChI=1S/C30H31N5O4.C4H4O4/c1-33-14-16-35(17-15-33)19-26(36)34(2)23-11-9-22(10-12-23)31-28(20-6-4-3-5-7-20)27-24-13-8-21(30(38)39)18-25(24)32-29(27)37;5-3(6)1-2-4(7)8/h3-13,18,32,37H,14-17,19H2,1-2H3,(H,38,39);1-2H,(H,5,6)(H,7,8)/b;2-1-. The number of carbonyl (C=O) groups excluding carboxylic acids is 1. The van der Waals surface area contributed by atoms with E-state index in [-0.39, 0.29) is 17.4 Å². The van der Waals surface area contributed by atoms with E-state index in [1.807, 2.05) is 54.6 Å². The van der Waals surface area contributed by atoms with Gasteiger partial charge >= 0.3 is 17.9 Å². The lowest BCUT2D eigenvalue weighted by molar-refractivity contribution is -0.134. The number of aliphatic carboxylic acids is 2. The van der Waals surface area contributed by atoms with Gasteiger partial charge in [0.05, 0.1) is 29.1 Å². The Labute approximate surface area is 270 Å². The van der Waals surface area contributed by atoms with Gasteiger partial charge in [0, 0.05) is 67.5 Å². The minimum atomic E-state index is -1.26. The summed E-state index contributed by atoms with van der Waals surface area (Å²) in [5, 5.41) is 36.5. The Kier molecular flexibility index (Phi) is 11.2. The summed E-state index contributed by atoms with van der Waals surface area (Å²) in [6, 6.07) is 21.6. The van der Waals surface area contributed by atoms with E-state index in [0.29, 0.717) is 46.6 Å². The molecule has 4 aromatic rings. The Morgan fingerprint density at radius 2 is 1.47 bits per heavy atom. The Bertz CT molecular complexity index is 1790. The zero-order valence-corrected chi connectivity index (χ0v) is 25.8. The van der Waals surface area contributed by atoms with Crippen LogP contribution in [0, 0.1) is 0 Å². The number of rotatable bonds is 9. The van der Waals surface area contributed by atoms with Gasteiger partial charge in [-0.3, -0.25) is 9.69 Å². The van der Waals surface area contributed by atoms with Crippen LogP contribution in [0.2, 0.25) is 0 Å². The van der Waals surface area contributed by atoms with Crippen LogP contribution in [0.5, 0.6) is 5.88 Å². The summed E-state index contributed by atoms with van der Waals surface area (Å²) >= 11 is 0. The highest BCUT2D eigenvalue weighted by molar-refractivity contribution is 6.22. The van der Waals surface area contributed by atoms with Crippen molar-refractivity contribution in [3.05, 3.63) is 102 Å². The van der Waals surface area contributed by atoms with Gasteiger partial charge < -0.3 is 35.2 Å². The van der Waals surface area contributed by atoms with Gasteiger partial charge in [-0.15, -0.1) is 0 Å². The number of benzene rings is 3. The van der Waals surface area contributed by atoms with E-state index >= 15 is 0 Å². The zero-order valence-electron chi connectivity index (χ0n) is 25.8. The highest BCUT2D eigenvalue weighted by atomic mass is 16.4. The van der Waals surface area contributed by atoms with Gasteiger partial charge in [-0.2, -0.15) is 0 Å². The summed E-state index contributed by atoms with van der Waals surface area (Å²) in [7, 11) is 3.87. The van der Waals surface area contributed by atoms with Gasteiger partial charge in [0.1, 0.15) is 0 Å². The summed E-state index contributed by atoms with van der Waals surface area (Å²) in [5.41, 5.74) is 3.85. The monoisotopic (exact) mass is 641 g/mol. The molecule has 47 heavy (non-hydrogen) atoms. The number of aromatic nitrogens is 1. The lowest BCUT2D eigenvalue weighted by Gasteiger charge is -2.32. The van der Waals surface area contributed by atoms with Crippen molar-refractivity contribution in [2.45, 2.75) is 0 Å². The van der Waals surface area contributed by atoms with Gasteiger partial charge in [-0.05, 0) is 43.4 Å². The Morgan fingerprint density at radius 1 is 0.851 bits per heavy atom. The van der Waals surface area contributed by atoms with E-state index in [4.69, 9.17) is 15.2 Å². The maximum atomic E-state index is 12.9. The number of piperazine rings is 1. The van der Waals surface area contributed by atoms with Crippen molar-refractivity contribution >= 4 is 51.8 Å². The van der Waals surface area contributed by atoms with Crippen LogP contribution >= 0.6 is 0 Å². The number of amides is 1. The SMILES string of the molecule is CN1CCN(CC(=O)N(C)c2ccc(N=C(c3ccccc3)c3c(O)[nH]c4cc(C(=O)O)ccc34)cc2)CC1.O=C(O)/C=C\C(=O)O. The molecule has 1 fully saturated rings. The minimum Gasteiger partial charge on any atom is -0.494 e. The van der Waals surface area contributed by atoms with Gasteiger partial charge in [-0.1, -0.05) is 36.4 Å². The molecule has 5 N–H and O–H groups in total. The van der Waals surface area contributed by atoms with Crippen molar-refractivity contribution in [1.29, 1.82) is 0 Å². The number of aliphatic imine (C=N–C) groups is 1. The summed E-state index contributed by atoms with van der Waals surface area (Å²) in [4.78, 5) is 57.3. The predicted octanol–water partition coefficient (Wildman–Crippen LogP) is 3.66. The number of H-pyrrole nitrogens is 1. The highest BCUT2D eigenvalue weighted by Crippen LogP contribution is 2.32. The highest BCUT2D eigenvalue weighted by Gasteiger charge is 2.21. The molecule has 1 aliphatic rings. The molecule has 1 aliphatic heterocycles. The number of carbonyl (C=O) groups is 4. The van der Waals surface area contributed by atoms with Crippen molar-refractivity contribution < 1.29 is 39.6 Å². The molecule has 0 aliphatic carbocycles. The van der Waals surface area contributed by atoms with Gasteiger partial charge in [0.15, 0.2) is 5.88 Å². The van der Waals surface area contributed by atoms with E-state index in [9.17, 15) is 29.4 Å². The molecule has 13 heteroatoms. The number of aromatic carboxylic acids is 1. The number of likely N-dealkylation sites (N-methyl/N-ethyl adjacent to an activating group) is 2. The summed E-state index contributed by atoms with van der Waals surface area (Å²) in [6.07, 6.45) is 1.12. The lowest BCUT2D eigenvalue weighted by Crippen LogP contribution is -2.48. The maximum Gasteiger partial charge on any atom is 0.335 e. The molecule has 0 spiro atoms. The number of carboxylic acids is 3. The van der Waals surface area contributed by atoms with Crippen molar-refractivity contribution in [3.8, 4) is 5.88 Å². The van der Waals surface area contributed by atoms with Gasteiger partial charge in [0.25, 0.3) is 0 Å². The molecule has 0 unspecified atom stereocenters. The average molecular weight is 642 g/mol. The molecule has 1 amide bonds. The molecule has 0 atom stereocenters. The first-order valence-corrected chi connectivity index (χ1v) is 14.6. The lowest BCUT2D eigenvalue weighted by atomic mass is 10.00. The molecule has 13 nitrogen and oxygen atoms in total. The molecule has 5 rings (SSSR count). The second-order valence-corrected chi connectivity index (χ2v) is 10.8. The molecular formula is C34H35N5O8. The van der Waals surface area contributed by atoms with Crippen molar-refractivity contribution in [1.82, 2.24) is 14.8 Å². The van der Waals surface area contributed by atoms with Gasteiger partial charge in [0.2, 0.25) is 5.91 Å².